The van der Waals surface area contributed by atoms with Crippen molar-refractivity contribution in [1.29, 1.82) is 0 Å². The highest BCUT2D eigenvalue weighted by molar-refractivity contribution is 7.22. The molecule has 2 aromatic carbocycles. The zero-order chi connectivity index (χ0) is 24.7. The first kappa shape index (κ1) is 23.1. The summed E-state index contributed by atoms with van der Waals surface area (Å²) in [4.78, 5) is 32.7. The fourth-order valence-electron chi connectivity index (χ4n) is 3.99. The molecule has 0 aliphatic carbocycles. The van der Waals surface area contributed by atoms with Crippen LogP contribution in [0.2, 0.25) is 5.02 Å². The van der Waals surface area contributed by atoms with E-state index in [2.05, 4.69) is 4.98 Å². The average Bonchev–Trinajstić information content (AvgIpc) is 3.53. The number of carbonyl (C=O) groups is 2. The van der Waals surface area contributed by atoms with Crippen LogP contribution in [0, 0.1) is 6.92 Å². The van der Waals surface area contributed by atoms with Gasteiger partial charge in [0.25, 0.3) is 5.91 Å². The van der Waals surface area contributed by atoms with Gasteiger partial charge in [-0.05, 0) is 61.4 Å². The highest BCUT2D eigenvalue weighted by Crippen LogP contribution is 2.44. The molecule has 1 N–H and O–H groups in total. The first-order chi connectivity index (χ1) is 16.9. The predicted molar refractivity (Wildman–Crippen MR) is 135 cm³/mol. The molecule has 1 aliphatic rings. The van der Waals surface area contributed by atoms with Crippen LogP contribution in [-0.2, 0) is 4.79 Å². The number of ketones is 1. The van der Waals surface area contributed by atoms with E-state index in [9.17, 15) is 14.7 Å². The van der Waals surface area contributed by atoms with Gasteiger partial charge in [0.05, 0.1) is 28.4 Å². The molecule has 7 nitrogen and oxygen atoms in total. The molecule has 1 amide bonds. The number of hydrogen-bond acceptors (Lipinski definition) is 7. The van der Waals surface area contributed by atoms with Gasteiger partial charge in [0, 0.05) is 5.02 Å². The van der Waals surface area contributed by atoms with Crippen molar-refractivity contribution in [3.05, 3.63) is 88.0 Å². The third-order valence-corrected chi connectivity index (χ3v) is 6.88. The topological polar surface area (TPSA) is 92.9 Å². The Bertz CT molecular complexity index is 1470. The van der Waals surface area contributed by atoms with Crippen LogP contribution in [0.1, 0.15) is 41.3 Å². The van der Waals surface area contributed by atoms with Crippen LogP contribution >= 0.6 is 22.9 Å². The van der Waals surface area contributed by atoms with Crippen molar-refractivity contribution in [3.8, 4) is 5.75 Å². The number of Topliss-reactive ketones (excluding diaryl/α,β-unsaturated/α-hetero) is 1. The third kappa shape index (κ3) is 4.19. The van der Waals surface area contributed by atoms with Gasteiger partial charge >= 0.3 is 0 Å². The number of thiazole rings is 1. The Labute approximate surface area is 210 Å². The molecule has 178 valence electrons. The number of nitrogens with zero attached hydrogens (tertiary/aromatic N) is 2. The van der Waals surface area contributed by atoms with Crippen molar-refractivity contribution in [2.45, 2.75) is 26.3 Å². The molecule has 1 aliphatic heterocycles. The summed E-state index contributed by atoms with van der Waals surface area (Å²) in [5, 5.41) is 11.8. The lowest BCUT2D eigenvalue weighted by atomic mass is 9.95. The maximum absolute atomic E-state index is 13.5. The van der Waals surface area contributed by atoms with E-state index >= 15 is 0 Å². The second kappa shape index (κ2) is 9.20. The summed E-state index contributed by atoms with van der Waals surface area (Å²) in [6.45, 7) is 4.31. The normalized spacial score (nSPS) is 15.9. The molecule has 0 saturated heterocycles. The lowest BCUT2D eigenvalue weighted by molar-refractivity contribution is -0.117. The van der Waals surface area contributed by atoms with E-state index in [1.54, 1.807) is 55.5 Å². The van der Waals surface area contributed by atoms with E-state index < -0.39 is 23.5 Å². The van der Waals surface area contributed by atoms with E-state index in [0.29, 0.717) is 39.4 Å². The van der Waals surface area contributed by atoms with Crippen molar-refractivity contribution in [2.75, 3.05) is 11.5 Å². The standard InChI is InChI=1S/C26H21ClN2O5S/c1-3-12-33-17-8-5-15(6-9-17)22-21(23(30)19-11-4-14(2)34-19)24(31)25(32)29(22)26-28-18-10-7-16(27)13-20(18)35-26/h4-11,13,22,31H,3,12H2,1-2H3. The lowest BCUT2D eigenvalue weighted by Crippen LogP contribution is -2.30. The fraction of sp³-hybridized carbons (Fsp3) is 0.192. The molecule has 1 unspecified atom stereocenters. The number of halogens is 1. The summed E-state index contributed by atoms with van der Waals surface area (Å²) in [5.41, 5.74) is 1.21. The highest BCUT2D eigenvalue weighted by atomic mass is 35.5. The molecule has 1 atom stereocenters. The number of anilines is 1. The van der Waals surface area contributed by atoms with E-state index in [1.165, 1.54) is 22.3 Å². The number of rotatable bonds is 7. The molecule has 0 saturated carbocycles. The Morgan fingerprint density at radius 1 is 1.20 bits per heavy atom. The minimum absolute atomic E-state index is 0.0441. The van der Waals surface area contributed by atoms with Gasteiger partial charge in [-0.3, -0.25) is 14.5 Å². The van der Waals surface area contributed by atoms with Gasteiger partial charge in [0.1, 0.15) is 11.5 Å². The summed E-state index contributed by atoms with van der Waals surface area (Å²) in [5.74, 6) is -0.638. The van der Waals surface area contributed by atoms with E-state index in [-0.39, 0.29) is 11.3 Å². The smallest absolute Gasteiger partial charge is 0.296 e. The molecular formula is C26H21ClN2O5S. The maximum Gasteiger partial charge on any atom is 0.296 e. The number of furan rings is 1. The van der Waals surface area contributed by atoms with Gasteiger partial charge in [-0.15, -0.1) is 0 Å². The first-order valence-corrected chi connectivity index (χ1v) is 12.2. The molecule has 9 heteroatoms. The molecule has 0 radical (unpaired) electrons. The van der Waals surface area contributed by atoms with Crippen molar-refractivity contribution in [2.24, 2.45) is 0 Å². The second-order valence-corrected chi connectivity index (χ2v) is 9.55. The van der Waals surface area contributed by atoms with Gasteiger partial charge in [-0.1, -0.05) is 42.0 Å². The molecule has 3 heterocycles. The Hall–Kier alpha value is -3.62. The minimum Gasteiger partial charge on any atom is -0.503 e. The van der Waals surface area contributed by atoms with E-state index in [0.717, 1.165) is 11.1 Å². The molecule has 35 heavy (non-hydrogen) atoms. The van der Waals surface area contributed by atoms with Crippen molar-refractivity contribution >= 4 is 50.0 Å². The predicted octanol–water partition coefficient (Wildman–Crippen LogP) is 6.42. The van der Waals surface area contributed by atoms with Crippen LogP contribution in [0.5, 0.6) is 5.75 Å². The van der Waals surface area contributed by atoms with Crippen LogP contribution in [0.3, 0.4) is 0 Å². The summed E-state index contributed by atoms with van der Waals surface area (Å²) < 4.78 is 12.0. The summed E-state index contributed by atoms with van der Waals surface area (Å²) in [6, 6.07) is 14.6. The largest absolute Gasteiger partial charge is 0.503 e. The second-order valence-electron chi connectivity index (χ2n) is 8.11. The first-order valence-electron chi connectivity index (χ1n) is 11.0. The quantitative estimate of drug-likeness (QED) is 0.289. The van der Waals surface area contributed by atoms with Crippen molar-refractivity contribution in [1.82, 2.24) is 4.98 Å². The Morgan fingerprint density at radius 2 is 1.97 bits per heavy atom. The van der Waals surface area contributed by atoms with Crippen LogP contribution in [0.25, 0.3) is 10.2 Å². The molecule has 0 spiro atoms. The maximum atomic E-state index is 13.5. The molecule has 0 fully saturated rings. The summed E-state index contributed by atoms with van der Waals surface area (Å²) >= 11 is 7.39. The Morgan fingerprint density at radius 3 is 2.66 bits per heavy atom. The number of fused-ring (bicyclic) bond motifs is 1. The van der Waals surface area contributed by atoms with E-state index in [1.807, 2.05) is 6.92 Å². The van der Waals surface area contributed by atoms with Gasteiger partial charge in [-0.25, -0.2) is 4.98 Å². The molecule has 5 rings (SSSR count). The molecule has 0 bridgehead atoms. The number of amides is 1. The zero-order valence-corrected chi connectivity index (χ0v) is 20.5. The third-order valence-electron chi connectivity index (χ3n) is 5.63. The summed E-state index contributed by atoms with van der Waals surface area (Å²) in [7, 11) is 0. The van der Waals surface area contributed by atoms with Gasteiger partial charge in [-0.2, -0.15) is 0 Å². The van der Waals surface area contributed by atoms with Crippen LogP contribution in [0.15, 0.2) is 70.3 Å². The average molecular weight is 509 g/mol. The van der Waals surface area contributed by atoms with Crippen molar-refractivity contribution in [3.63, 3.8) is 0 Å². The number of aromatic nitrogens is 1. The summed E-state index contributed by atoms with van der Waals surface area (Å²) in [6.07, 6.45) is 0.867. The van der Waals surface area contributed by atoms with Gasteiger partial charge in [0.2, 0.25) is 5.78 Å². The SMILES string of the molecule is CCCOc1ccc(C2C(C(=O)c3ccc(C)o3)=C(O)C(=O)N2c2nc3ccc(Cl)cc3s2)cc1. The van der Waals surface area contributed by atoms with Crippen LogP contribution in [0.4, 0.5) is 5.13 Å². The van der Waals surface area contributed by atoms with Gasteiger partial charge in [0.15, 0.2) is 16.7 Å². The van der Waals surface area contributed by atoms with E-state index in [4.69, 9.17) is 20.8 Å². The molecular weight excluding hydrogens is 488 g/mol. The molecule has 4 aromatic rings. The number of aliphatic hydroxyl groups is 1. The minimum atomic E-state index is -0.906. The number of ether oxygens (including phenoxy) is 1. The number of aliphatic hydroxyl groups excluding tert-OH is 1. The van der Waals surface area contributed by atoms with Gasteiger partial charge < -0.3 is 14.3 Å². The number of hydrogen-bond donors (Lipinski definition) is 1. The van der Waals surface area contributed by atoms with Crippen LogP contribution in [-0.4, -0.2) is 28.4 Å². The number of carbonyl (C=O) groups excluding carboxylic acids is 2. The number of aryl methyl sites for hydroxylation is 1. The zero-order valence-electron chi connectivity index (χ0n) is 18.9. The highest BCUT2D eigenvalue weighted by Gasteiger charge is 2.46. The number of benzene rings is 2. The lowest BCUT2D eigenvalue weighted by Gasteiger charge is -2.24. The molecule has 2 aromatic heterocycles. The van der Waals surface area contributed by atoms with Crippen molar-refractivity contribution < 1.29 is 23.8 Å². The fourth-order valence-corrected chi connectivity index (χ4v) is 5.26. The monoisotopic (exact) mass is 508 g/mol. The Balaban J connectivity index is 1.62. The Kier molecular flexibility index (Phi) is 6.08. The van der Waals surface area contributed by atoms with Crippen LogP contribution < -0.4 is 9.64 Å².